The zero-order chi connectivity index (χ0) is 10.2. The largest absolute Gasteiger partial charge is 0.368 e. The molecule has 1 fully saturated rings. The molecule has 1 aromatic heterocycles. The summed E-state index contributed by atoms with van der Waals surface area (Å²) in [5, 5.41) is 0. The molecule has 0 aromatic carbocycles. The monoisotopic (exact) mass is 192 g/mol. The van der Waals surface area contributed by atoms with Crippen LogP contribution in [0.1, 0.15) is 19.5 Å². The van der Waals surface area contributed by atoms with Gasteiger partial charge in [0, 0.05) is 25.8 Å². The van der Waals surface area contributed by atoms with Crippen molar-refractivity contribution in [1.82, 2.24) is 14.9 Å². The average Bonchev–Trinajstić information content (AvgIpc) is 2.00. The summed E-state index contributed by atoms with van der Waals surface area (Å²) in [6.07, 6.45) is 1.71. The molecular weight excluding hydrogens is 176 g/mol. The van der Waals surface area contributed by atoms with Crippen LogP contribution in [0.25, 0.3) is 0 Å². The first-order chi connectivity index (χ1) is 6.55. The Morgan fingerprint density at radius 3 is 2.79 bits per heavy atom. The van der Waals surface area contributed by atoms with E-state index in [2.05, 4.69) is 28.7 Å². The van der Waals surface area contributed by atoms with Crippen LogP contribution in [0, 0.1) is 5.41 Å². The second-order valence-electron chi connectivity index (χ2n) is 4.72. The average molecular weight is 192 g/mol. The smallest absolute Gasteiger partial charge is 0.220 e. The molecule has 0 bridgehead atoms. The second-order valence-corrected chi connectivity index (χ2v) is 4.72. The van der Waals surface area contributed by atoms with Crippen LogP contribution in [0.4, 0.5) is 5.95 Å². The third-order valence-electron chi connectivity index (χ3n) is 2.42. The van der Waals surface area contributed by atoms with Crippen LogP contribution in [0.2, 0.25) is 0 Å². The fourth-order valence-corrected chi connectivity index (χ4v) is 2.01. The third kappa shape index (κ3) is 2.01. The highest BCUT2D eigenvalue weighted by Gasteiger charge is 2.33. The Hall–Kier alpha value is -1.16. The number of nitrogens with two attached hydrogens (primary N) is 1. The maximum atomic E-state index is 5.51. The molecule has 0 saturated carbocycles. The van der Waals surface area contributed by atoms with Gasteiger partial charge in [-0.1, -0.05) is 13.8 Å². The number of hydrogen-bond acceptors (Lipinski definition) is 4. The number of hydrogen-bond donors (Lipinski definition) is 1. The first-order valence-corrected chi connectivity index (χ1v) is 4.85. The van der Waals surface area contributed by atoms with Gasteiger partial charge in [0.05, 0.1) is 5.69 Å². The van der Waals surface area contributed by atoms with Gasteiger partial charge in [-0.05, 0) is 11.5 Å². The molecule has 1 aromatic rings. The van der Waals surface area contributed by atoms with Crippen LogP contribution >= 0.6 is 0 Å². The summed E-state index contributed by atoms with van der Waals surface area (Å²) in [6, 6.07) is 1.92. The van der Waals surface area contributed by atoms with Crippen LogP contribution < -0.4 is 5.73 Å². The minimum atomic E-state index is 0.363. The lowest BCUT2D eigenvalue weighted by Gasteiger charge is -2.45. The van der Waals surface area contributed by atoms with E-state index in [0.29, 0.717) is 11.4 Å². The summed E-state index contributed by atoms with van der Waals surface area (Å²) in [5.74, 6) is 0.363. The quantitative estimate of drug-likeness (QED) is 0.756. The van der Waals surface area contributed by atoms with Gasteiger partial charge >= 0.3 is 0 Å². The van der Waals surface area contributed by atoms with Crippen LogP contribution in [-0.4, -0.2) is 28.0 Å². The van der Waals surface area contributed by atoms with Crippen molar-refractivity contribution in [2.45, 2.75) is 20.4 Å². The maximum absolute atomic E-state index is 5.51. The van der Waals surface area contributed by atoms with Crippen molar-refractivity contribution < 1.29 is 0 Å². The Morgan fingerprint density at radius 2 is 2.21 bits per heavy atom. The highest BCUT2D eigenvalue weighted by atomic mass is 15.2. The van der Waals surface area contributed by atoms with E-state index in [1.165, 1.54) is 0 Å². The lowest BCUT2D eigenvalue weighted by atomic mass is 9.84. The van der Waals surface area contributed by atoms with Gasteiger partial charge in [-0.3, -0.25) is 4.90 Å². The van der Waals surface area contributed by atoms with Crippen LogP contribution in [-0.2, 0) is 6.54 Å². The number of likely N-dealkylation sites (tertiary alicyclic amines) is 1. The minimum absolute atomic E-state index is 0.363. The van der Waals surface area contributed by atoms with E-state index in [1.807, 2.05) is 6.07 Å². The van der Waals surface area contributed by atoms with E-state index in [1.54, 1.807) is 6.20 Å². The molecule has 76 valence electrons. The molecule has 0 unspecified atom stereocenters. The molecule has 0 atom stereocenters. The molecule has 14 heavy (non-hydrogen) atoms. The molecule has 1 saturated heterocycles. The summed E-state index contributed by atoms with van der Waals surface area (Å²) >= 11 is 0. The maximum Gasteiger partial charge on any atom is 0.220 e. The van der Waals surface area contributed by atoms with Gasteiger partial charge in [0.2, 0.25) is 5.95 Å². The third-order valence-corrected chi connectivity index (χ3v) is 2.42. The molecule has 0 spiro atoms. The molecular formula is C10H16N4. The zero-order valence-corrected chi connectivity index (χ0v) is 8.70. The standard InChI is InChI=1S/C10H16N4/c1-10(2)6-14(7-10)5-8-3-4-12-9(11)13-8/h3-4H,5-7H2,1-2H3,(H2,11,12,13). The van der Waals surface area contributed by atoms with Crippen molar-refractivity contribution in [3.05, 3.63) is 18.0 Å². The first kappa shape index (κ1) is 9.40. The van der Waals surface area contributed by atoms with Crippen LogP contribution in [0.15, 0.2) is 12.3 Å². The molecule has 1 aliphatic rings. The Morgan fingerprint density at radius 1 is 1.50 bits per heavy atom. The molecule has 0 radical (unpaired) electrons. The van der Waals surface area contributed by atoms with Gasteiger partial charge in [0.15, 0.2) is 0 Å². The Bertz CT molecular complexity index is 327. The zero-order valence-electron chi connectivity index (χ0n) is 8.70. The summed E-state index contributed by atoms with van der Waals surface area (Å²) < 4.78 is 0. The first-order valence-electron chi connectivity index (χ1n) is 4.85. The van der Waals surface area contributed by atoms with Crippen molar-refractivity contribution in [1.29, 1.82) is 0 Å². The van der Waals surface area contributed by atoms with Gasteiger partial charge in [0.1, 0.15) is 0 Å². The van der Waals surface area contributed by atoms with Crippen molar-refractivity contribution in [3.8, 4) is 0 Å². The lowest BCUT2D eigenvalue weighted by Crippen LogP contribution is -2.52. The number of anilines is 1. The second kappa shape index (κ2) is 3.20. The van der Waals surface area contributed by atoms with Gasteiger partial charge < -0.3 is 5.73 Å². The number of nitrogens with zero attached hydrogens (tertiary/aromatic N) is 3. The van der Waals surface area contributed by atoms with Gasteiger partial charge in [-0.25, -0.2) is 9.97 Å². The van der Waals surface area contributed by atoms with Crippen molar-refractivity contribution >= 4 is 5.95 Å². The van der Waals surface area contributed by atoms with Crippen LogP contribution in [0.5, 0.6) is 0 Å². The van der Waals surface area contributed by atoms with Gasteiger partial charge in [-0.2, -0.15) is 0 Å². The molecule has 2 rings (SSSR count). The molecule has 2 heterocycles. The molecule has 2 N–H and O–H groups in total. The molecule has 0 aliphatic carbocycles. The number of aromatic nitrogens is 2. The minimum Gasteiger partial charge on any atom is -0.368 e. The highest BCUT2D eigenvalue weighted by Crippen LogP contribution is 2.29. The highest BCUT2D eigenvalue weighted by molar-refractivity contribution is 5.17. The summed E-state index contributed by atoms with van der Waals surface area (Å²) in [7, 11) is 0. The van der Waals surface area contributed by atoms with Gasteiger partial charge in [-0.15, -0.1) is 0 Å². The Kier molecular flexibility index (Phi) is 2.15. The summed E-state index contributed by atoms with van der Waals surface area (Å²) in [5.41, 5.74) is 6.98. The number of nitrogen functional groups attached to an aromatic ring is 1. The topological polar surface area (TPSA) is 55.0 Å². The summed E-state index contributed by atoms with van der Waals surface area (Å²) in [4.78, 5) is 10.4. The van der Waals surface area contributed by atoms with E-state index in [0.717, 1.165) is 25.3 Å². The summed E-state index contributed by atoms with van der Waals surface area (Å²) in [6.45, 7) is 7.71. The van der Waals surface area contributed by atoms with Crippen molar-refractivity contribution in [2.75, 3.05) is 18.8 Å². The van der Waals surface area contributed by atoms with Crippen molar-refractivity contribution in [2.24, 2.45) is 5.41 Å². The predicted molar refractivity (Wildman–Crippen MR) is 55.5 cm³/mol. The van der Waals surface area contributed by atoms with Gasteiger partial charge in [0.25, 0.3) is 0 Å². The fourth-order valence-electron chi connectivity index (χ4n) is 2.01. The number of rotatable bonds is 2. The van der Waals surface area contributed by atoms with Crippen LogP contribution in [0.3, 0.4) is 0 Å². The molecule has 4 heteroatoms. The van der Waals surface area contributed by atoms with E-state index in [-0.39, 0.29) is 0 Å². The lowest BCUT2D eigenvalue weighted by molar-refractivity contribution is 0.0233. The van der Waals surface area contributed by atoms with E-state index in [9.17, 15) is 0 Å². The van der Waals surface area contributed by atoms with Crippen molar-refractivity contribution in [3.63, 3.8) is 0 Å². The van der Waals surface area contributed by atoms with E-state index in [4.69, 9.17) is 5.73 Å². The molecule has 1 aliphatic heterocycles. The SMILES string of the molecule is CC1(C)CN(Cc2ccnc(N)n2)C1. The fraction of sp³-hybridized carbons (Fsp3) is 0.600. The van der Waals surface area contributed by atoms with E-state index >= 15 is 0 Å². The predicted octanol–water partition coefficient (Wildman–Crippen LogP) is 0.901. The Labute approximate surface area is 84.2 Å². The molecule has 0 amide bonds. The molecule has 4 nitrogen and oxygen atoms in total. The van der Waals surface area contributed by atoms with E-state index < -0.39 is 0 Å². The Balaban J connectivity index is 1.93. The normalized spacial score (nSPS) is 20.4.